The Kier molecular flexibility index (Phi) is 4.72. The molecule has 0 radical (unpaired) electrons. The van der Waals surface area contributed by atoms with Gasteiger partial charge in [-0.25, -0.2) is 4.98 Å². The zero-order valence-corrected chi connectivity index (χ0v) is 17.4. The zero-order valence-electron chi connectivity index (χ0n) is 15.8. The van der Waals surface area contributed by atoms with Crippen LogP contribution in [0.5, 0.6) is 0 Å². The highest BCUT2D eigenvalue weighted by Gasteiger charge is 2.30. The van der Waals surface area contributed by atoms with Crippen molar-refractivity contribution in [3.63, 3.8) is 0 Å². The van der Waals surface area contributed by atoms with Crippen molar-refractivity contribution in [2.24, 2.45) is 0 Å². The second kappa shape index (κ2) is 7.55. The fraction of sp³-hybridized carbons (Fsp3) is 0.143. The van der Waals surface area contributed by atoms with Crippen LogP contribution in [0.2, 0.25) is 5.02 Å². The molecule has 0 saturated heterocycles. The van der Waals surface area contributed by atoms with E-state index >= 15 is 0 Å². The van der Waals surface area contributed by atoms with Gasteiger partial charge >= 0.3 is 0 Å². The molecule has 0 spiro atoms. The van der Waals surface area contributed by atoms with Crippen LogP contribution in [-0.4, -0.2) is 48.5 Å². The van der Waals surface area contributed by atoms with Crippen LogP contribution >= 0.6 is 22.9 Å². The summed E-state index contributed by atoms with van der Waals surface area (Å²) in [6, 6.07) is 13.2. The third-order valence-electron chi connectivity index (χ3n) is 5.03. The highest BCUT2D eigenvalue weighted by Crippen LogP contribution is 2.32. The Morgan fingerprint density at radius 1 is 1.13 bits per heavy atom. The number of thiazole rings is 1. The highest BCUT2D eigenvalue weighted by molar-refractivity contribution is 7.11. The van der Waals surface area contributed by atoms with Gasteiger partial charge in [-0.3, -0.25) is 9.81 Å². The number of nitrogens with zero attached hydrogens (tertiary/aromatic N) is 5. The Morgan fingerprint density at radius 2 is 1.97 bits per heavy atom. The van der Waals surface area contributed by atoms with Gasteiger partial charge in [0.15, 0.2) is 5.65 Å². The molecule has 150 valence electrons. The molecular weight excluding hydrogens is 420 g/mol. The van der Waals surface area contributed by atoms with Crippen molar-refractivity contribution in [2.75, 3.05) is 13.1 Å². The first-order valence-corrected chi connectivity index (χ1v) is 10.6. The fourth-order valence-corrected chi connectivity index (χ4v) is 4.51. The van der Waals surface area contributed by atoms with E-state index in [1.165, 1.54) is 11.3 Å². The number of hydrogen-bond donors (Lipinski definition) is 2. The minimum absolute atomic E-state index is 0.170. The van der Waals surface area contributed by atoms with E-state index in [4.69, 9.17) is 17.0 Å². The lowest BCUT2D eigenvalue weighted by Crippen LogP contribution is -2.29. The van der Waals surface area contributed by atoms with Crippen LogP contribution in [0.15, 0.2) is 59.8 Å². The summed E-state index contributed by atoms with van der Waals surface area (Å²) in [5.74, 6) is 1.27. The van der Waals surface area contributed by atoms with Crippen molar-refractivity contribution in [3.05, 3.63) is 75.7 Å². The summed E-state index contributed by atoms with van der Waals surface area (Å²) in [6.45, 7) is 0.845. The molecule has 0 atom stereocenters. The highest BCUT2D eigenvalue weighted by atomic mass is 35.5. The van der Waals surface area contributed by atoms with Crippen LogP contribution in [0.3, 0.4) is 0 Å². The Morgan fingerprint density at radius 3 is 2.80 bits per heavy atom. The van der Waals surface area contributed by atoms with E-state index in [1.54, 1.807) is 0 Å². The van der Waals surface area contributed by atoms with Crippen LogP contribution in [-0.2, 0) is 6.42 Å². The Hall–Kier alpha value is -3.23. The molecule has 9 heteroatoms. The normalized spacial score (nSPS) is 14.3. The molecule has 5 rings (SSSR count). The summed E-state index contributed by atoms with van der Waals surface area (Å²) < 4.78 is 1.94. The number of amidine groups is 1. The molecule has 4 heterocycles. The van der Waals surface area contributed by atoms with Gasteiger partial charge in [0, 0.05) is 35.1 Å². The van der Waals surface area contributed by atoms with Gasteiger partial charge < -0.3 is 10.0 Å². The summed E-state index contributed by atoms with van der Waals surface area (Å²) >= 11 is 7.38. The van der Waals surface area contributed by atoms with Gasteiger partial charge in [0.1, 0.15) is 22.4 Å². The van der Waals surface area contributed by atoms with Gasteiger partial charge in [-0.2, -0.15) is 0 Å². The molecule has 0 amide bonds. The van der Waals surface area contributed by atoms with Crippen LogP contribution in [0.25, 0.3) is 22.5 Å². The monoisotopic (exact) mass is 436 g/mol. The van der Waals surface area contributed by atoms with Crippen molar-refractivity contribution in [3.8, 4) is 11.3 Å². The predicted molar refractivity (Wildman–Crippen MR) is 118 cm³/mol. The van der Waals surface area contributed by atoms with Gasteiger partial charge in [0.05, 0.1) is 17.8 Å². The quantitative estimate of drug-likeness (QED) is 0.486. The third kappa shape index (κ3) is 3.34. The maximum atomic E-state index is 10.5. The van der Waals surface area contributed by atoms with Crippen molar-refractivity contribution < 1.29 is 5.11 Å². The molecule has 1 aliphatic heterocycles. The second-order valence-corrected chi connectivity index (χ2v) is 8.23. The molecule has 4 aromatic rings. The fourth-order valence-electron chi connectivity index (χ4n) is 3.49. The summed E-state index contributed by atoms with van der Waals surface area (Å²) in [6.07, 6.45) is 2.54. The van der Waals surface area contributed by atoms with E-state index in [0.717, 1.165) is 22.7 Å². The van der Waals surface area contributed by atoms with Crippen molar-refractivity contribution >= 4 is 40.0 Å². The number of fused-ring (bicyclic) bond motifs is 1. The van der Waals surface area contributed by atoms with Gasteiger partial charge in [-0.05, 0) is 24.3 Å². The molecule has 7 nitrogen and oxygen atoms in total. The maximum absolute atomic E-state index is 10.5. The molecule has 1 aromatic carbocycles. The summed E-state index contributed by atoms with van der Waals surface area (Å²) in [5.41, 5.74) is 3.03. The van der Waals surface area contributed by atoms with E-state index in [0.29, 0.717) is 35.1 Å². The Bertz CT molecular complexity index is 1280. The lowest BCUT2D eigenvalue weighted by molar-refractivity contribution is 0.350. The number of benzene rings is 1. The van der Waals surface area contributed by atoms with Gasteiger partial charge in [-0.15, -0.1) is 21.5 Å². The summed E-state index contributed by atoms with van der Waals surface area (Å²) in [7, 11) is 0. The van der Waals surface area contributed by atoms with Gasteiger partial charge in [0.25, 0.3) is 0 Å². The standard InChI is InChI=1S/C21H17ClN6OS/c22-14-6-4-13(5-7-14)15-12-30-21(24-15)19-16(29)11-27(20(19)23)10-8-18-26-25-17-3-1-2-9-28(17)18/h1-7,9,12,23,29H,8,10-11H2. The average Bonchev–Trinajstić information content (AvgIpc) is 3.45. The molecule has 0 aliphatic carbocycles. The molecule has 0 bridgehead atoms. The lowest BCUT2D eigenvalue weighted by Gasteiger charge is -2.17. The lowest BCUT2D eigenvalue weighted by atomic mass is 10.2. The van der Waals surface area contributed by atoms with Crippen LogP contribution in [0.4, 0.5) is 0 Å². The predicted octanol–water partition coefficient (Wildman–Crippen LogP) is 4.31. The molecular formula is C21H17ClN6OS. The first kappa shape index (κ1) is 18.8. The third-order valence-corrected chi connectivity index (χ3v) is 6.14. The van der Waals surface area contributed by atoms with E-state index in [9.17, 15) is 5.11 Å². The smallest absolute Gasteiger partial charge is 0.160 e. The van der Waals surface area contributed by atoms with E-state index in [2.05, 4.69) is 15.2 Å². The SMILES string of the molecule is N=C1C(c2nc(-c3ccc(Cl)cc3)cs2)=C(O)CN1CCc1nnc2ccccn12. The van der Waals surface area contributed by atoms with Gasteiger partial charge in [0.2, 0.25) is 0 Å². The number of aliphatic hydroxyl groups excluding tert-OH is 1. The van der Waals surface area contributed by atoms with E-state index < -0.39 is 0 Å². The molecule has 2 N–H and O–H groups in total. The summed E-state index contributed by atoms with van der Waals surface area (Å²) in [4.78, 5) is 6.47. The zero-order chi connectivity index (χ0) is 20.7. The number of aliphatic hydroxyl groups is 1. The topological polar surface area (TPSA) is 90.4 Å². The molecule has 0 unspecified atom stereocenters. The van der Waals surface area contributed by atoms with Crippen LogP contribution in [0.1, 0.15) is 10.8 Å². The number of halogens is 1. The molecule has 30 heavy (non-hydrogen) atoms. The van der Waals surface area contributed by atoms with Crippen molar-refractivity contribution in [1.29, 1.82) is 5.41 Å². The minimum Gasteiger partial charge on any atom is -0.510 e. The van der Waals surface area contributed by atoms with E-state index in [-0.39, 0.29) is 11.6 Å². The molecule has 3 aromatic heterocycles. The number of rotatable bonds is 5. The number of pyridine rings is 1. The number of aromatic nitrogens is 4. The number of hydrogen-bond acceptors (Lipinski definition) is 6. The molecule has 0 fully saturated rings. The number of nitrogens with one attached hydrogen (secondary N) is 1. The minimum atomic E-state index is 0.170. The Balaban J connectivity index is 1.32. The maximum Gasteiger partial charge on any atom is 0.160 e. The first-order chi connectivity index (χ1) is 14.6. The molecule has 1 aliphatic rings. The average molecular weight is 437 g/mol. The van der Waals surface area contributed by atoms with Crippen molar-refractivity contribution in [2.45, 2.75) is 6.42 Å². The van der Waals surface area contributed by atoms with Crippen LogP contribution < -0.4 is 0 Å². The van der Waals surface area contributed by atoms with Gasteiger partial charge in [-0.1, -0.05) is 29.8 Å². The van der Waals surface area contributed by atoms with Crippen LogP contribution in [0, 0.1) is 5.41 Å². The van der Waals surface area contributed by atoms with Crippen molar-refractivity contribution in [1.82, 2.24) is 24.5 Å². The Labute approximate surface area is 181 Å². The van der Waals surface area contributed by atoms with E-state index in [1.807, 2.05) is 63.3 Å². The molecule has 0 saturated carbocycles. The largest absolute Gasteiger partial charge is 0.510 e. The summed E-state index contributed by atoms with van der Waals surface area (Å²) in [5, 5.41) is 30.8. The second-order valence-electron chi connectivity index (χ2n) is 6.93. The first-order valence-electron chi connectivity index (χ1n) is 9.36.